The van der Waals surface area contributed by atoms with Gasteiger partial charge in [0, 0.05) is 25.2 Å². The summed E-state index contributed by atoms with van der Waals surface area (Å²) in [7, 11) is 1.25. The number of carbonyl (C=O) groups is 2. The van der Waals surface area contributed by atoms with Crippen LogP contribution in [0.3, 0.4) is 0 Å². The topological polar surface area (TPSA) is 65.1 Å². The molecular formula is C13H21NO5. The van der Waals surface area contributed by atoms with Gasteiger partial charge in [0.25, 0.3) is 0 Å². The third-order valence-electron chi connectivity index (χ3n) is 2.77. The maximum absolute atomic E-state index is 11.2. The molecule has 1 heterocycles. The van der Waals surface area contributed by atoms with E-state index in [0.29, 0.717) is 6.61 Å². The second kappa shape index (κ2) is 9.52. The van der Waals surface area contributed by atoms with Crippen LogP contribution in [-0.2, 0) is 23.8 Å². The van der Waals surface area contributed by atoms with Gasteiger partial charge in [-0.1, -0.05) is 0 Å². The molecule has 0 radical (unpaired) electrons. The maximum Gasteiger partial charge on any atom is 0.331 e. The molecule has 0 aromatic carbocycles. The predicted octanol–water partition coefficient (Wildman–Crippen LogP) is 0.371. The summed E-state index contributed by atoms with van der Waals surface area (Å²) >= 11 is 0. The first kappa shape index (κ1) is 15.7. The molecule has 1 aliphatic rings. The molecule has 0 amide bonds. The van der Waals surface area contributed by atoms with Crippen molar-refractivity contribution in [3.05, 3.63) is 12.2 Å². The third kappa shape index (κ3) is 7.58. The summed E-state index contributed by atoms with van der Waals surface area (Å²) in [4.78, 5) is 24.3. The van der Waals surface area contributed by atoms with Gasteiger partial charge in [-0.05, 0) is 19.4 Å². The van der Waals surface area contributed by atoms with Crippen LogP contribution in [0.15, 0.2) is 12.2 Å². The summed E-state index contributed by atoms with van der Waals surface area (Å²) in [5.74, 6) is -1.08. The molecule has 1 rings (SSSR count). The molecule has 0 unspecified atom stereocenters. The molecule has 19 heavy (non-hydrogen) atoms. The number of ether oxygens (including phenoxy) is 3. The van der Waals surface area contributed by atoms with Gasteiger partial charge in [-0.15, -0.1) is 0 Å². The SMILES string of the molecule is COC(=O)C=CC(=O)OCCCCN1CCOCC1. The Morgan fingerprint density at radius 1 is 1.16 bits per heavy atom. The Labute approximate surface area is 113 Å². The molecule has 108 valence electrons. The van der Waals surface area contributed by atoms with Crippen molar-refractivity contribution >= 4 is 11.9 Å². The first-order valence-corrected chi connectivity index (χ1v) is 6.45. The van der Waals surface area contributed by atoms with E-state index in [2.05, 4.69) is 9.64 Å². The first-order valence-electron chi connectivity index (χ1n) is 6.45. The number of morpholine rings is 1. The molecule has 1 aliphatic heterocycles. The average Bonchev–Trinajstić information content (AvgIpc) is 2.45. The molecule has 1 fully saturated rings. The fraction of sp³-hybridized carbons (Fsp3) is 0.692. The van der Waals surface area contributed by atoms with E-state index in [0.717, 1.165) is 57.8 Å². The smallest absolute Gasteiger partial charge is 0.331 e. The normalized spacial score (nSPS) is 16.5. The molecule has 0 aliphatic carbocycles. The van der Waals surface area contributed by atoms with Gasteiger partial charge in [-0.3, -0.25) is 4.90 Å². The number of hydrogen-bond donors (Lipinski definition) is 0. The van der Waals surface area contributed by atoms with Crippen molar-refractivity contribution in [2.75, 3.05) is 46.6 Å². The Kier molecular flexibility index (Phi) is 7.84. The van der Waals surface area contributed by atoms with Crippen molar-refractivity contribution in [2.45, 2.75) is 12.8 Å². The van der Waals surface area contributed by atoms with Crippen LogP contribution >= 0.6 is 0 Å². The maximum atomic E-state index is 11.2. The second-order valence-electron chi connectivity index (χ2n) is 4.19. The van der Waals surface area contributed by atoms with Gasteiger partial charge in [-0.2, -0.15) is 0 Å². The van der Waals surface area contributed by atoms with Gasteiger partial charge in [0.1, 0.15) is 0 Å². The number of methoxy groups -OCH3 is 1. The van der Waals surface area contributed by atoms with Crippen molar-refractivity contribution in [3.63, 3.8) is 0 Å². The van der Waals surface area contributed by atoms with Crippen LogP contribution < -0.4 is 0 Å². The van der Waals surface area contributed by atoms with Crippen LogP contribution in [0.5, 0.6) is 0 Å². The Hall–Kier alpha value is -1.40. The Bertz CT molecular complexity index is 310. The van der Waals surface area contributed by atoms with Crippen LogP contribution in [0.1, 0.15) is 12.8 Å². The highest BCUT2D eigenvalue weighted by Crippen LogP contribution is 2.00. The quantitative estimate of drug-likeness (QED) is 0.379. The fourth-order valence-electron chi connectivity index (χ4n) is 1.69. The highest BCUT2D eigenvalue weighted by atomic mass is 16.5. The van der Waals surface area contributed by atoms with Crippen molar-refractivity contribution < 1.29 is 23.8 Å². The molecular weight excluding hydrogens is 250 g/mol. The van der Waals surface area contributed by atoms with E-state index in [1.807, 2.05) is 0 Å². The van der Waals surface area contributed by atoms with E-state index >= 15 is 0 Å². The molecule has 0 N–H and O–H groups in total. The largest absolute Gasteiger partial charge is 0.466 e. The zero-order valence-corrected chi connectivity index (χ0v) is 11.3. The summed E-state index contributed by atoms with van der Waals surface area (Å²) in [5.41, 5.74) is 0. The predicted molar refractivity (Wildman–Crippen MR) is 68.6 cm³/mol. The highest BCUT2D eigenvalue weighted by molar-refractivity contribution is 5.91. The van der Waals surface area contributed by atoms with Crippen molar-refractivity contribution in [1.82, 2.24) is 4.90 Å². The molecule has 0 spiro atoms. The van der Waals surface area contributed by atoms with Gasteiger partial charge in [0.05, 0.1) is 26.9 Å². The Balaban J connectivity index is 1.99. The van der Waals surface area contributed by atoms with Crippen LogP contribution in [0.25, 0.3) is 0 Å². The lowest BCUT2D eigenvalue weighted by Gasteiger charge is -2.26. The fourth-order valence-corrected chi connectivity index (χ4v) is 1.69. The zero-order valence-electron chi connectivity index (χ0n) is 11.3. The second-order valence-corrected chi connectivity index (χ2v) is 4.19. The van der Waals surface area contributed by atoms with Gasteiger partial charge >= 0.3 is 11.9 Å². The lowest BCUT2D eigenvalue weighted by molar-refractivity contribution is -0.139. The summed E-state index contributed by atoms with van der Waals surface area (Å²) in [6, 6.07) is 0. The zero-order chi connectivity index (χ0) is 13.9. The van der Waals surface area contributed by atoms with Gasteiger partial charge in [0.15, 0.2) is 0 Å². The molecule has 0 aromatic heterocycles. The van der Waals surface area contributed by atoms with E-state index in [1.54, 1.807) is 0 Å². The van der Waals surface area contributed by atoms with Crippen LogP contribution in [0, 0.1) is 0 Å². The molecule has 6 heteroatoms. The number of nitrogens with zero attached hydrogens (tertiary/aromatic N) is 1. The minimum Gasteiger partial charge on any atom is -0.466 e. The molecule has 1 saturated heterocycles. The minimum absolute atomic E-state index is 0.370. The standard InChI is InChI=1S/C13H21NO5/c1-17-12(15)4-5-13(16)19-9-3-2-6-14-7-10-18-11-8-14/h4-5H,2-3,6-11H2,1H3. The van der Waals surface area contributed by atoms with Crippen LogP contribution in [-0.4, -0.2) is 63.4 Å². The third-order valence-corrected chi connectivity index (χ3v) is 2.77. The van der Waals surface area contributed by atoms with E-state index in [9.17, 15) is 9.59 Å². The number of esters is 2. The average molecular weight is 271 g/mol. The van der Waals surface area contributed by atoms with E-state index < -0.39 is 11.9 Å². The minimum atomic E-state index is -0.565. The number of carbonyl (C=O) groups excluding carboxylic acids is 2. The van der Waals surface area contributed by atoms with Crippen molar-refractivity contribution in [2.24, 2.45) is 0 Å². The molecule has 0 bridgehead atoms. The summed E-state index contributed by atoms with van der Waals surface area (Å²) < 4.78 is 14.6. The summed E-state index contributed by atoms with van der Waals surface area (Å²) in [6.07, 6.45) is 3.92. The Morgan fingerprint density at radius 3 is 2.53 bits per heavy atom. The van der Waals surface area contributed by atoms with E-state index in [-0.39, 0.29) is 0 Å². The van der Waals surface area contributed by atoms with E-state index in [1.165, 1.54) is 7.11 Å². The first-order chi connectivity index (χ1) is 9.22. The van der Waals surface area contributed by atoms with E-state index in [4.69, 9.17) is 9.47 Å². The molecule has 6 nitrogen and oxygen atoms in total. The molecule has 0 atom stereocenters. The summed E-state index contributed by atoms with van der Waals surface area (Å²) in [6.45, 7) is 4.91. The van der Waals surface area contributed by atoms with Gasteiger partial charge in [-0.25, -0.2) is 9.59 Å². The monoisotopic (exact) mass is 271 g/mol. The molecule has 0 aromatic rings. The van der Waals surface area contributed by atoms with Crippen molar-refractivity contribution in [3.8, 4) is 0 Å². The van der Waals surface area contributed by atoms with Crippen LogP contribution in [0.4, 0.5) is 0 Å². The summed E-state index contributed by atoms with van der Waals surface area (Å²) in [5, 5.41) is 0. The van der Waals surface area contributed by atoms with Crippen LogP contribution in [0.2, 0.25) is 0 Å². The number of hydrogen-bond acceptors (Lipinski definition) is 6. The van der Waals surface area contributed by atoms with Gasteiger partial charge < -0.3 is 14.2 Å². The lowest BCUT2D eigenvalue weighted by Crippen LogP contribution is -2.36. The highest BCUT2D eigenvalue weighted by Gasteiger charge is 2.09. The number of rotatable bonds is 7. The lowest BCUT2D eigenvalue weighted by atomic mass is 10.3. The number of unbranched alkanes of at least 4 members (excludes halogenated alkanes) is 1. The van der Waals surface area contributed by atoms with Crippen molar-refractivity contribution in [1.29, 1.82) is 0 Å². The Morgan fingerprint density at radius 2 is 1.84 bits per heavy atom. The molecule has 0 saturated carbocycles. The van der Waals surface area contributed by atoms with Gasteiger partial charge in [0.2, 0.25) is 0 Å².